The number of carbonyl (C=O) groups is 1. The number of amides is 1. The Morgan fingerprint density at radius 2 is 1.70 bits per heavy atom. The Morgan fingerprint density at radius 3 is 2.22 bits per heavy atom. The molecule has 9 heteroatoms. The van der Waals surface area contributed by atoms with Crippen LogP contribution in [0, 0.1) is 0 Å². The largest absolute Gasteiger partial charge is 0.416 e. The van der Waals surface area contributed by atoms with Gasteiger partial charge in [0.25, 0.3) is 0 Å². The highest BCUT2D eigenvalue weighted by atomic mass is 32.2. The van der Waals surface area contributed by atoms with Crippen molar-refractivity contribution in [2.45, 2.75) is 11.1 Å². The second-order valence-electron chi connectivity index (χ2n) is 4.70. The predicted molar refractivity (Wildman–Crippen MR) is 76.8 cm³/mol. The summed E-state index contributed by atoms with van der Waals surface area (Å²) < 4.78 is 61.3. The topological polar surface area (TPSA) is 103 Å². The van der Waals surface area contributed by atoms with Crippen LogP contribution in [0.15, 0.2) is 47.4 Å². The van der Waals surface area contributed by atoms with Crippen molar-refractivity contribution >= 4 is 15.9 Å². The molecule has 0 aliphatic carbocycles. The van der Waals surface area contributed by atoms with Crippen LogP contribution in [0.4, 0.5) is 13.2 Å². The van der Waals surface area contributed by atoms with Gasteiger partial charge in [-0.2, -0.15) is 13.2 Å². The van der Waals surface area contributed by atoms with E-state index in [1.807, 2.05) is 0 Å². The molecule has 5 nitrogen and oxygen atoms in total. The molecule has 0 saturated carbocycles. The number of sulfonamides is 1. The van der Waals surface area contributed by atoms with E-state index in [1.54, 1.807) is 0 Å². The molecular weight excluding hydrogens is 333 g/mol. The Balaban J connectivity index is 2.73. The number of rotatable bonds is 3. The lowest BCUT2D eigenvalue weighted by atomic mass is 9.96. The van der Waals surface area contributed by atoms with Crippen LogP contribution in [0.25, 0.3) is 11.1 Å². The first-order valence-corrected chi connectivity index (χ1v) is 7.69. The zero-order chi connectivity index (χ0) is 17.4. The first kappa shape index (κ1) is 17.0. The van der Waals surface area contributed by atoms with Crippen LogP contribution in [0.3, 0.4) is 0 Å². The quantitative estimate of drug-likeness (QED) is 0.891. The van der Waals surface area contributed by atoms with Crippen molar-refractivity contribution < 1.29 is 26.4 Å². The lowest BCUT2D eigenvalue weighted by Gasteiger charge is -2.13. The van der Waals surface area contributed by atoms with Crippen LogP contribution in [-0.4, -0.2) is 14.3 Å². The van der Waals surface area contributed by atoms with Crippen molar-refractivity contribution in [3.05, 3.63) is 53.6 Å². The summed E-state index contributed by atoms with van der Waals surface area (Å²) in [4.78, 5) is 11.1. The summed E-state index contributed by atoms with van der Waals surface area (Å²) in [7, 11) is -4.04. The fourth-order valence-corrected chi connectivity index (χ4v) is 2.57. The van der Waals surface area contributed by atoms with Crippen molar-refractivity contribution in [2.24, 2.45) is 10.9 Å². The Morgan fingerprint density at radius 1 is 1.04 bits per heavy atom. The minimum absolute atomic E-state index is 0.0800. The second kappa shape index (κ2) is 5.67. The van der Waals surface area contributed by atoms with Gasteiger partial charge in [0, 0.05) is 5.56 Å². The summed E-state index contributed by atoms with van der Waals surface area (Å²) in [6.45, 7) is 0. The fourth-order valence-electron chi connectivity index (χ4n) is 2.01. The number of hydrogen-bond acceptors (Lipinski definition) is 3. The van der Waals surface area contributed by atoms with E-state index in [0.717, 1.165) is 24.3 Å². The van der Waals surface area contributed by atoms with E-state index in [4.69, 9.17) is 10.9 Å². The van der Waals surface area contributed by atoms with E-state index >= 15 is 0 Å². The summed E-state index contributed by atoms with van der Waals surface area (Å²) in [6, 6.07) is 7.35. The minimum Gasteiger partial charge on any atom is -0.366 e. The summed E-state index contributed by atoms with van der Waals surface area (Å²) in [5, 5.41) is 5.00. The highest BCUT2D eigenvalue weighted by Gasteiger charge is 2.31. The number of primary sulfonamides is 1. The van der Waals surface area contributed by atoms with Crippen molar-refractivity contribution in [1.82, 2.24) is 0 Å². The summed E-state index contributed by atoms with van der Waals surface area (Å²) in [5.41, 5.74) is 3.97. The monoisotopic (exact) mass is 344 g/mol. The van der Waals surface area contributed by atoms with Gasteiger partial charge in [-0.25, -0.2) is 13.6 Å². The van der Waals surface area contributed by atoms with Gasteiger partial charge in [0.15, 0.2) is 0 Å². The van der Waals surface area contributed by atoms with Crippen LogP contribution in [-0.2, 0) is 16.2 Å². The second-order valence-corrected chi connectivity index (χ2v) is 6.26. The molecule has 0 heterocycles. The molecule has 1 amide bonds. The minimum atomic E-state index is -4.62. The molecule has 0 aliphatic rings. The zero-order valence-electron chi connectivity index (χ0n) is 11.5. The van der Waals surface area contributed by atoms with E-state index in [2.05, 4.69) is 0 Å². The van der Waals surface area contributed by atoms with Crippen LogP contribution < -0.4 is 10.9 Å². The number of halogens is 3. The molecule has 0 aliphatic heterocycles. The number of nitrogens with two attached hydrogens (primary N) is 2. The van der Waals surface area contributed by atoms with Crippen LogP contribution in [0.1, 0.15) is 15.9 Å². The molecular formula is C14H11F3N2O3S. The number of benzene rings is 2. The highest BCUT2D eigenvalue weighted by Crippen LogP contribution is 2.34. The normalized spacial score (nSPS) is 12.2. The van der Waals surface area contributed by atoms with Gasteiger partial charge >= 0.3 is 6.18 Å². The van der Waals surface area contributed by atoms with E-state index in [-0.39, 0.29) is 21.6 Å². The zero-order valence-corrected chi connectivity index (χ0v) is 12.3. The number of hydrogen-bond donors (Lipinski definition) is 2. The Hall–Kier alpha value is -2.39. The Kier molecular flexibility index (Phi) is 4.18. The molecule has 0 aromatic heterocycles. The third-order valence-electron chi connectivity index (χ3n) is 3.09. The standard InChI is InChI=1S/C14H11F3N2O3S/c15-14(16,17)9-4-5-11(13(18)20)12(7-9)8-2-1-3-10(6-8)23(19,21)22/h1-7H,(H2,18,20)(H2,19,21,22). The number of carbonyl (C=O) groups excluding carboxylic acids is 1. The number of alkyl halides is 3. The van der Waals surface area contributed by atoms with Gasteiger partial charge in [0.2, 0.25) is 15.9 Å². The van der Waals surface area contributed by atoms with Gasteiger partial charge in [-0.3, -0.25) is 4.79 Å². The SMILES string of the molecule is NC(=O)c1ccc(C(F)(F)F)cc1-c1cccc(S(N)(=O)=O)c1. The van der Waals surface area contributed by atoms with Gasteiger partial charge in [-0.15, -0.1) is 0 Å². The molecule has 2 aromatic rings. The summed E-state index contributed by atoms with van der Waals surface area (Å²) in [5.74, 6) is -0.935. The van der Waals surface area contributed by atoms with Gasteiger partial charge in [-0.1, -0.05) is 12.1 Å². The van der Waals surface area contributed by atoms with Gasteiger partial charge in [0.05, 0.1) is 10.5 Å². The fraction of sp³-hybridized carbons (Fsp3) is 0.0714. The average Bonchev–Trinajstić information content (AvgIpc) is 2.45. The van der Waals surface area contributed by atoms with Crippen molar-refractivity contribution in [2.75, 3.05) is 0 Å². The van der Waals surface area contributed by atoms with E-state index in [9.17, 15) is 26.4 Å². The summed E-state index contributed by atoms with van der Waals surface area (Å²) in [6.07, 6.45) is -4.62. The molecule has 2 rings (SSSR count). The molecule has 4 N–H and O–H groups in total. The highest BCUT2D eigenvalue weighted by molar-refractivity contribution is 7.89. The maximum absolute atomic E-state index is 12.9. The lowest BCUT2D eigenvalue weighted by Crippen LogP contribution is -2.15. The third kappa shape index (κ3) is 3.69. The lowest BCUT2D eigenvalue weighted by molar-refractivity contribution is -0.137. The van der Waals surface area contributed by atoms with Gasteiger partial charge < -0.3 is 5.73 Å². The van der Waals surface area contributed by atoms with Crippen molar-refractivity contribution in [1.29, 1.82) is 0 Å². The van der Waals surface area contributed by atoms with Gasteiger partial charge in [-0.05, 0) is 41.5 Å². The number of primary amides is 1. The molecule has 0 spiro atoms. The van der Waals surface area contributed by atoms with Crippen LogP contribution >= 0.6 is 0 Å². The Bertz CT molecular complexity index is 877. The van der Waals surface area contributed by atoms with Crippen LogP contribution in [0.5, 0.6) is 0 Å². The summed E-state index contributed by atoms with van der Waals surface area (Å²) >= 11 is 0. The molecule has 0 fully saturated rings. The molecule has 0 bridgehead atoms. The van der Waals surface area contributed by atoms with E-state index < -0.39 is 27.7 Å². The maximum atomic E-state index is 12.9. The van der Waals surface area contributed by atoms with E-state index in [0.29, 0.717) is 0 Å². The first-order valence-electron chi connectivity index (χ1n) is 6.14. The predicted octanol–water partition coefficient (Wildman–Crippen LogP) is 2.12. The van der Waals surface area contributed by atoms with Crippen LogP contribution in [0.2, 0.25) is 0 Å². The molecule has 23 heavy (non-hydrogen) atoms. The average molecular weight is 344 g/mol. The maximum Gasteiger partial charge on any atom is 0.416 e. The molecule has 0 unspecified atom stereocenters. The third-order valence-corrected chi connectivity index (χ3v) is 4.00. The molecule has 0 atom stereocenters. The smallest absolute Gasteiger partial charge is 0.366 e. The van der Waals surface area contributed by atoms with E-state index in [1.165, 1.54) is 18.2 Å². The molecule has 122 valence electrons. The van der Waals surface area contributed by atoms with Gasteiger partial charge in [0.1, 0.15) is 0 Å². The first-order chi connectivity index (χ1) is 10.5. The molecule has 2 aromatic carbocycles. The molecule has 0 radical (unpaired) electrons. The van der Waals surface area contributed by atoms with Crippen molar-refractivity contribution in [3.8, 4) is 11.1 Å². The Labute approximate surface area is 129 Å². The van der Waals surface area contributed by atoms with Crippen molar-refractivity contribution in [3.63, 3.8) is 0 Å². The molecule has 0 saturated heterocycles.